The van der Waals surface area contributed by atoms with Crippen molar-refractivity contribution in [2.24, 2.45) is 0 Å². The minimum Gasteiger partial charge on any atom is -0.462 e. The average Bonchev–Trinajstić information content (AvgIpc) is 2.81. The van der Waals surface area contributed by atoms with Gasteiger partial charge in [-0.05, 0) is 33.3 Å². The Kier molecular flexibility index (Phi) is 5.20. The number of rotatable bonds is 5. The molecule has 1 aromatic rings. The van der Waals surface area contributed by atoms with Gasteiger partial charge in [0.15, 0.2) is 5.78 Å². The van der Waals surface area contributed by atoms with E-state index in [2.05, 4.69) is 10.3 Å². The van der Waals surface area contributed by atoms with Crippen LogP contribution < -0.4 is 5.32 Å². The topological polar surface area (TPSA) is 91.5 Å². The maximum atomic E-state index is 12.8. The highest BCUT2D eigenvalue weighted by atomic mass is 16.5. The van der Waals surface area contributed by atoms with E-state index < -0.39 is 12.0 Å². The number of H-pyrrole nitrogens is 1. The van der Waals surface area contributed by atoms with Gasteiger partial charge in [-0.3, -0.25) is 14.5 Å². The Labute approximate surface area is 135 Å². The van der Waals surface area contributed by atoms with Crippen molar-refractivity contribution in [1.82, 2.24) is 15.2 Å². The molecule has 1 aliphatic heterocycles. The standard InChI is InChI=1S/C16H23N3O4/c1-5-23-16(22)13-9(2)14(18-10(13)3)15(21)11(4)19-7-6-17-12(20)8-19/h11,18H,5-8H2,1-4H3,(H,17,20). The molecule has 0 radical (unpaired) electrons. The molecule has 0 bridgehead atoms. The number of hydrogen-bond donors (Lipinski definition) is 2. The van der Waals surface area contributed by atoms with Gasteiger partial charge < -0.3 is 15.0 Å². The summed E-state index contributed by atoms with van der Waals surface area (Å²) in [7, 11) is 0. The number of esters is 1. The molecule has 1 fully saturated rings. The number of aromatic nitrogens is 1. The first kappa shape index (κ1) is 17.2. The van der Waals surface area contributed by atoms with Gasteiger partial charge in [0.1, 0.15) is 0 Å². The summed E-state index contributed by atoms with van der Waals surface area (Å²) in [5.41, 5.74) is 2.04. The van der Waals surface area contributed by atoms with Gasteiger partial charge in [-0.25, -0.2) is 4.79 Å². The highest BCUT2D eigenvalue weighted by molar-refractivity contribution is 6.04. The zero-order valence-corrected chi connectivity index (χ0v) is 14.0. The predicted molar refractivity (Wildman–Crippen MR) is 84.6 cm³/mol. The number of nitrogens with zero attached hydrogens (tertiary/aromatic N) is 1. The van der Waals surface area contributed by atoms with Gasteiger partial charge in [-0.2, -0.15) is 0 Å². The van der Waals surface area contributed by atoms with E-state index in [1.54, 1.807) is 27.7 Å². The normalized spacial score (nSPS) is 16.8. The van der Waals surface area contributed by atoms with E-state index in [1.165, 1.54) is 0 Å². The summed E-state index contributed by atoms with van der Waals surface area (Å²) in [6.45, 7) is 8.65. The van der Waals surface area contributed by atoms with Crippen LogP contribution in [0.4, 0.5) is 0 Å². The Morgan fingerprint density at radius 2 is 2.04 bits per heavy atom. The maximum absolute atomic E-state index is 12.8. The summed E-state index contributed by atoms with van der Waals surface area (Å²) in [6, 6.07) is -0.437. The monoisotopic (exact) mass is 321 g/mol. The number of carbonyl (C=O) groups is 3. The van der Waals surface area contributed by atoms with Crippen molar-refractivity contribution in [3.05, 3.63) is 22.5 Å². The summed E-state index contributed by atoms with van der Waals surface area (Å²) in [4.78, 5) is 41.1. The Bertz CT molecular complexity index is 636. The van der Waals surface area contributed by atoms with Gasteiger partial charge in [-0.15, -0.1) is 0 Å². The van der Waals surface area contributed by atoms with Crippen LogP contribution in [0.1, 0.15) is 46.0 Å². The van der Waals surface area contributed by atoms with E-state index >= 15 is 0 Å². The summed E-state index contributed by atoms with van der Waals surface area (Å²) >= 11 is 0. The zero-order chi connectivity index (χ0) is 17.1. The lowest BCUT2D eigenvalue weighted by molar-refractivity contribution is -0.124. The van der Waals surface area contributed by atoms with Gasteiger partial charge in [0.05, 0.1) is 30.5 Å². The Balaban J connectivity index is 2.24. The maximum Gasteiger partial charge on any atom is 0.340 e. The minimum absolute atomic E-state index is 0.0810. The van der Waals surface area contributed by atoms with E-state index in [-0.39, 0.29) is 24.8 Å². The molecule has 2 heterocycles. The second-order valence-electron chi connectivity index (χ2n) is 5.71. The van der Waals surface area contributed by atoms with Gasteiger partial charge >= 0.3 is 5.97 Å². The van der Waals surface area contributed by atoms with Crippen LogP contribution in [0.5, 0.6) is 0 Å². The third kappa shape index (κ3) is 3.44. The van der Waals surface area contributed by atoms with E-state index in [4.69, 9.17) is 4.74 Å². The lowest BCUT2D eigenvalue weighted by atomic mass is 10.0. The summed E-state index contributed by atoms with van der Waals surface area (Å²) < 4.78 is 5.04. The highest BCUT2D eigenvalue weighted by Gasteiger charge is 2.30. The number of ketones is 1. The molecule has 0 spiro atoms. The molecule has 1 amide bonds. The molecule has 0 aromatic carbocycles. The quantitative estimate of drug-likeness (QED) is 0.618. The predicted octanol–water partition coefficient (Wildman–Crippen LogP) is 0.811. The van der Waals surface area contributed by atoms with E-state index in [1.807, 2.05) is 4.90 Å². The number of amides is 1. The number of ether oxygens (including phenoxy) is 1. The van der Waals surface area contributed by atoms with Crippen LogP contribution in [0, 0.1) is 13.8 Å². The van der Waals surface area contributed by atoms with Crippen LogP contribution in [0.15, 0.2) is 0 Å². The van der Waals surface area contributed by atoms with Crippen molar-refractivity contribution >= 4 is 17.7 Å². The Morgan fingerprint density at radius 3 is 2.65 bits per heavy atom. The van der Waals surface area contributed by atoms with Crippen LogP contribution in [-0.2, 0) is 9.53 Å². The molecule has 0 saturated carbocycles. The van der Waals surface area contributed by atoms with E-state index in [0.717, 1.165) is 0 Å². The summed E-state index contributed by atoms with van der Waals surface area (Å²) in [5.74, 6) is -0.638. The number of aromatic amines is 1. The third-order valence-electron chi connectivity index (χ3n) is 4.16. The molecule has 0 aliphatic carbocycles. The van der Waals surface area contributed by atoms with Crippen molar-refractivity contribution in [3.8, 4) is 0 Å². The van der Waals surface area contributed by atoms with Crippen LogP contribution in [0.3, 0.4) is 0 Å². The number of Topliss-reactive ketones (excluding diaryl/α,β-unsaturated/α-hetero) is 1. The van der Waals surface area contributed by atoms with Crippen LogP contribution in [0.25, 0.3) is 0 Å². The fourth-order valence-electron chi connectivity index (χ4n) is 2.87. The Morgan fingerprint density at radius 1 is 1.35 bits per heavy atom. The van der Waals surface area contributed by atoms with Gasteiger partial charge in [-0.1, -0.05) is 0 Å². The highest BCUT2D eigenvalue weighted by Crippen LogP contribution is 2.21. The molecule has 7 nitrogen and oxygen atoms in total. The number of piperazine rings is 1. The fourth-order valence-corrected chi connectivity index (χ4v) is 2.87. The second-order valence-corrected chi connectivity index (χ2v) is 5.71. The molecule has 126 valence electrons. The Hall–Kier alpha value is -2.15. The molecule has 1 atom stereocenters. The molecule has 7 heteroatoms. The number of nitrogens with one attached hydrogen (secondary N) is 2. The molecule has 1 unspecified atom stereocenters. The molecule has 2 N–H and O–H groups in total. The first-order chi connectivity index (χ1) is 10.9. The summed E-state index contributed by atoms with van der Waals surface area (Å²) in [6.07, 6.45) is 0. The van der Waals surface area contributed by atoms with Crippen molar-refractivity contribution in [2.45, 2.75) is 33.7 Å². The van der Waals surface area contributed by atoms with Gasteiger partial charge in [0.2, 0.25) is 5.91 Å². The number of carbonyl (C=O) groups excluding carboxylic acids is 3. The molecule has 2 rings (SSSR count). The van der Waals surface area contributed by atoms with Gasteiger partial charge in [0, 0.05) is 18.8 Å². The first-order valence-corrected chi connectivity index (χ1v) is 7.78. The van der Waals surface area contributed by atoms with Gasteiger partial charge in [0.25, 0.3) is 0 Å². The number of hydrogen-bond acceptors (Lipinski definition) is 5. The molecular formula is C16H23N3O4. The molecular weight excluding hydrogens is 298 g/mol. The minimum atomic E-state index is -0.437. The first-order valence-electron chi connectivity index (χ1n) is 7.78. The van der Waals surface area contributed by atoms with E-state index in [9.17, 15) is 14.4 Å². The van der Waals surface area contributed by atoms with Crippen molar-refractivity contribution in [3.63, 3.8) is 0 Å². The largest absolute Gasteiger partial charge is 0.462 e. The molecule has 23 heavy (non-hydrogen) atoms. The zero-order valence-electron chi connectivity index (χ0n) is 14.0. The molecule has 1 aromatic heterocycles. The smallest absolute Gasteiger partial charge is 0.340 e. The third-order valence-corrected chi connectivity index (χ3v) is 4.16. The van der Waals surface area contributed by atoms with Crippen molar-refractivity contribution in [2.75, 3.05) is 26.2 Å². The summed E-state index contributed by atoms with van der Waals surface area (Å²) in [5, 5.41) is 2.74. The van der Waals surface area contributed by atoms with Crippen LogP contribution in [-0.4, -0.2) is 59.8 Å². The number of aryl methyl sites for hydroxylation is 1. The fraction of sp³-hybridized carbons (Fsp3) is 0.562. The van der Waals surface area contributed by atoms with Crippen molar-refractivity contribution < 1.29 is 19.1 Å². The van der Waals surface area contributed by atoms with Crippen molar-refractivity contribution in [1.29, 1.82) is 0 Å². The lowest BCUT2D eigenvalue weighted by Gasteiger charge is -2.30. The average molecular weight is 321 g/mol. The molecule has 1 saturated heterocycles. The SMILES string of the molecule is CCOC(=O)c1c(C)[nH]c(C(=O)C(C)N2CCNC(=O)C2)c1C. The molecule has 1 aliphatic rings. The van der Waals surface area contributed by atoms with Crippen LogP contribution >= 0.6 is 0 Å². The lowest BCUT2D eigenvalue weighted by Crippen LogP contribution is -2.53. The second kappa shape index (κ2) is 6.95. The van der Waals surface area contributed by atoms with Crippen LogP contribution in [0.2, 0.25) is 0 Å². The van der Waals surface area contributed by atoms with E-state index in [0.29, 0.717) is 35.6 Å².